The molecular weight excluding hydrogens is 278 g/mol. The van der Waals surface area contributed by atoms with Crippen LogP contribution in [-0.4, -0.2) is 13.7 Å². The van der Waals surface area contributed by atoms with Gasteiger partial charge >= 0.3 is 0 Å². The molecule has 19 heavy (non-hydrogen) atoms. The molecule has 1 unspecified atom stereocenters. The molecule has 0 aliphatic carbocycles. The number of hydrogen-bond donors (Lipinski definition) is 1. The monoisotopic (exact) mass is 293 g/mol. The molecular formula is C15H16ClNOS. The van der Waals surface area contributed by atoms with E-state index in [0.29, 0.717) is 6.54 Å². The second-order valence-electron chi connectivity index (χ2n) is 4.01. The van der Waals surface area contributed by atoms with E-state index < -0.39 is 0 Å². The van der Waals surface area contributed by atoms with Gasteiger partial charge in [-0.05, 0) is 18.2 Å². The predicted octanol–water partition coefficient (Wildman–Crippen LogP) is 4.14. The number of benzene rings is 2. The maximum Gasteiger partial charge on any atom is 0.123 e. The molecule has 0 saturated carbocycles. The summed E-state index contributed by atoms with van der Waals surface area (Å²) < 4.78 is 5.39. The standard InChI is InChI=1S/C15H16ClNOS/c1-18-13-8-4-2-6-11(13)15(10-17)19-14-9-5-3-7-12(14)16/h2-9,15H,10,17H2,1H3. The molecule has 2 rings (SSSR count). The smallest absolute Gasteiger partial charge is 0.123 e. The molecule has 0 aromatic heterocycles. The zero-order valence-corrected chi connectivity index (χ0v) is 12.2. The average molecular weight is 294 g/mol. The van der Waals surface area contributed by atoms with Crippen LogP contribution in [0.15, 0.2) is 53.4 Å². The first-order valence-corrected chi connectivity index (χ1v) is 7.26. The summed E-state index contributed by atoms with van der Waals surface area (Å²) in [5.74, 6) is 0.859. The Morgan fingerprint density at radius 3 is 2.53 bits per heavy atom. The first-order valence-electron chi connectivity index (χ1n) is 6.00. The van der Waals surface area contributed by atoms with Gasteiger partial charge in [0.05, 0.1) is 17.4 Å². The number of rotatable bonds is 5. The van der Waals surface area contributed by atoms with Crippen LogP contribution in [0, 0.1) is 0 Å². The lowest BCUT2D eigenvalue weighted by Crippen LogP contribution is -2.10. The van der Waals surface area contributed by atoms with Gasteiger partial charge in [0.15, 0.2) is 0 Å². The van der Waals surface area contributed by atoms with Crippen LogP contribution in [0.2, 0.25) is 5.02 Å². The van der Waals surface area contributed by atoms with Crippen molar-refractivity contribution in [2.75, 3.05) is 13.7 Å². The van der Waals surface area contributed by atoms with E-state index in [4.69, 9.17) is 22.1 Å². The molecule has 0 saturated heterocycles. The second-order valence-corrected chi connectivity index (χ2v) is 5.67. The zero-order chi connectivity index (χ0) is 13.7. The number of halogens is 1. The van der Waals surface area contributed by atoms with E-state index in [9.17, 15) is 0 Å². The summed E-state index contributed by atoms with van der Waals surface area (Å²) in [7, 11) is 1.67. The number of hydrogen-bond acceptors (Lipinski definition) is 3. The van der Waals surface area contributed by atoms with Gasteiger partial charge in [0.1, 0.15) is 5.75 Å². The Kier molecular flexibility index (Phi) is 5.14. The van der Waals surface area contributed by atoms with Crippen LogP contribution in [-0.2, 0) is 0 Å². The van der Waals surface area contributed by atoms with Gasteiger partial charge in [-0.1, -0.05) is 41.9 Å². The molecule has 2 aromatic rings. The first kappa shape index (κ1) is 14.3. The molecule has 1 atom stereocenters. The highest BCUT2D eigenvalue weighted by Gasteiger charge is 2.16. The average Bonchev–Trinajstić information content (AvgIpc) is 2.46. The van der Waals surface area contributed by atoms with Gasteiger partial charge in [0, 0.05) is 17.0 Å². The minimum absolute atomic E-state index is 0.121. The van der Waals surface area contributed by atoms with Gasteiger partial charge in [-0.2, -0.15) is 0 Å². The van der Waals surface area contributed by atoms with Crippen molar-refractivity contribution in [3.05, 3.63) is 59.1 Å². The lowest BCUT2D eigenvalue weighted by atomic mass is 10.1. The fourth-order valence-electron chi connectivity index (χ4n) is 1.86. The highest BCUT2D eigenvalue weighted by molar-refractivity contribution is 7.99. The molecule has 2 aromatic carbocycles. The van der Waals surface area contributed by atoms with Gasteiger partial charge in [-0.15, -0.1) is 11.8 Å². The number of thioether (sulfide) groups is 1. The minimum Gasteiger partial charge on any atom is -0.496 e. The molecule has 0 aliphatic heterocycles. The van der Waals surface area contributed by atoms with Crippen LogP contribution < -0.4 is 10.5 Å². The third-order valence-corrected chi connectivity index (χ3v) is 4.59. The summed E-state index contributed by atoms with van der Waals surface area (Å²) in [5, 5.41) is 0.872. The van der Waals surface area contributed by atoms with Crippen molar-refractivity contribution >= 4 is 23.4 Å². The van der Waals surface area contributed by atoms with Crippen LogP contribution in [0.3, 0.4) is 0 Å². The van der Waals surface area contributed by atoms with Crippen molar-refractivity contribution in [1.82, 2.24) is 0 Å². The van der Waals surface area contributed by atoms with E-state index in [-0.39, 0.29) is 5.25 Å². The molecule has 0 bridgehead atoms. The molecule has 2 N–H and O–H groups in total. The van der Waals surface area contributed by atoms with Crippen molar-refractivity contribution in [2.45, 2.75) is 10.1 Å². The SMILES string of the molecule is COc1ccccc1C(CN)Sc1ccccc1Cl. The van der Waals surface area contributed by atoms with E-state index in [1.165, 1.54) is 0 Å². The van der Waals surface area contributed by atoms with Crippen LogP contribution in [0.4, 0.5) is 0 Å². The van der Waals surface area contributed by atoms with Crippen molar-refractivity contribution < 1.29 is 4.74 Å². The maximum atomic E-state index is 6.19. The van der Waals surface area contributed by atoms with Crippen LogP contribution in [0.5, 0.6) is 5.75 Å². The molecule has 0 heterocycles. The van der Waals surface area contributed by atoms with Gasteiger partial charge < -0.3 is 10.5 Å². The molecule has 100 valence electrons. The Morgan fingerprint density at radius 1 is 1.16 bits per heavy atom. The molecule has 4 heteroatoms. The van der Waals surface area contributed by atoms with Gasteiger partial charge in [0.2, 0.25) is 0 Å². The summed E-state index contributed by atoms with van der Waals surface area (Å²) in [6, 6.07) is 15.7. The Labute approximate surface area is 122 Å². The molecule has 0 fully saturated rings. The van der Waals surface area contributed by atoms with Crippen molar-refractivity contribution in [2.24, 2.45) is 5.73 Å². The fourth-order valence-corrected chi connectivity index (χ4v) is 3.20. The predicted molar refractivity (Wildman–Crippen MR) is 82.1 cm³/mol. The summed E-state index contributed by atoms with van der Waals surface area (Å²) in [6.45, 7) is 0.524. The van der Waals surface area contributed by atoms with E-state index >= 15 is 0 Å². The summed E-state index contributed by atoms with van der Waals surface area (Å²) in [5.41, 5.74) is 7.00. The Bertz CT molecular complexity index is 547. The number of ether oxygens (including phenoxy) is 1. The van der Waals surface area contributed by atoms with E-state index in [1.54, 1.807) is 18.9 Å². The Morgan fingerprint density at radius 2 is 1.84 bits per heavy atom. The molecule has 2 nitrogen and oxygen atoms in total. The third kappa shape index (κ3) is 3.44. The largest absolute Gasteiger partial charge is 0.496 e. The zero-order valence-electron chi connectivity index (χ0n) is 10.7. The Hall–Kier alpha value is -1.16. The molecule has 0 radical (unpaired) electrons. The number of methoxy groups -OCH3 is 1. The second kappa shape index (κ2) is 6.85. The molecule has 0 aliphatic rings. The molecule has 0 spiro atoms. The van der Waals surface area contributed by atoms with Crippen molar-refractivity contribution in [3.63, 3.8) is 0 Å². The van der Waals surface area contributed by atoms with Gasteiger partial charge in [-0.25, -0.2) is 0 Å². The minimum atomic E-state index is 0.121. The topological polar surface area (TPSA) is 35.2 Å². The highest BCUT2D eigenvalue weighted by atomic mass is 35.5. The van der Waals surface area contributed by atoms with Crippen LogP contribution in [0.1, 0.15) is 10.8 Å². The Balaban J connectivity index is 2.28. The normalized spacial score (nSPS) is 12.2. The number of para-hydroxylation sites is 1. The third-order valence-electron chi connectivity index (χ3n) is 2.81. The first-order chi connectivity index (χ1) is 9.26. The maximum absolute atomic E-state index is 6.19. The lowest BCUT2D eigenvalue weighted by molar-refractivity contribution is 0.409. The summed E-state index contributed by atoms with van der Waals surface area (Å²) in [6.07, 6.45) is 0. The van der Waals surface area contributed by atoms with Crippen LogP contribution in [0.25, 0.3) is 0 Å². The quantitative estimate of drug-likeness (QED) is 0.842. The summed E-state index contributed by atoms with van der Waals surface area (Å²) >= 11 is 7.85. The van der Waals surface area contributed by atoms with Crippen molar-refractivity contribution in [1.29, 1.82) is 0 Å². The summed E-state index contributed by atoms with van der Waals surface area (Å²) in [4.78, 5) is 1.03. The fraction of sp³-hybridized carbons (Fsp3) is 0.200. The van der Waals surface area contributed by atoms with Gasteiger partial charge in [-0.3, -0.25) is 0 Å². The van der Waals surface area contributed by atoms with E-state index in [0.717, 1.165) is 21.2 Å². The lowest BCUT2D eigenvalue weighted by Gasteiger charge is -2.18. The highest BCUT2D eigenvalue weighted by Crippen LogP contribution is 2.40. The number of nitrogens with two attached hydrogens (primary N) is 1. The molecule has 0 amide bonds. The van der Waals surface area contributed by atoms with E-state index in [2.05, 4.69) is 0 Å². The van der Waals surface area contributed by atoms with E-state index in [1.807, 2.05) is 48.5 Å². The van der Waals surface area contributed by atoms with Crippen LogP contribution >= 0.6 is 23.4 Å². The van der Waals surface area contributed by atoms with Gasteiger partial charge in [0.25, 0.3) is 0 Å². The van der Waals surface area contributed by atoms with Crippen molar-refractivity contribution in [3.8, 4) is 5.75 Å².